The van der Waals surface area contributed by atoms with Crippen LogP contribution in [0.2, 0.25) is 0 Å². The van der Waals surface area contributed by atoms with Crippen LogP contribution >= 0.6 is 12.4 Å². The Hall–Kier alpha value is -1.48. The molecule has 0 unspecified atom stereocenters. The third-order valence-corrected chi connectivity index (χ3v) is 3.16. The molecule has 1 aromatic carbocycles. The Morgan fingerprint density at radius 1 is 1.25 bits per heavy atom. The van der Waals surface area contributed by atoms with Crippen molar-refractivity contribution in [2.24, 2.45) is 0 Å². The smallest absolute Gasteiger partial charge is 0.226 e. The summed E-state index contributed by atoms with van der Waals surface area (Å²) < 4.78 is 0. The predicted octanol–water partition coefficient (Wildman–Crippen LogP) is 3.44. The molecule has 1 amide bonds. The van der Waals surface area contributed by atoms with Crippen LogP contribution in [0.4, 0.5) is 5.69 Å². The van der Waals surface area contributed by atoms with Crippen molar-refractivity contribution >= 4 is 24.0 Å². The summed E-state index contributed by atoms with van der Waals surface area (Å²) in [5.41, 5.74) is 7.36. The Morgan fingerprint density at radius 3 is 2.50 bits per heavy atom. The van der Waals surface area contributed by atoms with Crippen molar-refractivity contribution in [1.29, 1.82) is 0 Å². The van der Waals surface area contributed by atoms with E-state index in [0.717, 1.165) is 43.5 Å². The van der Waals surface area contributed by atoms with E-state index in [1.807, 2.05) is 42.3 Å². The quantitative estimate of drug-likeness (QED) is 0.454. The average Bonchev–Trinajstić information content (AvgIpc) is 2.41. The lowest BCUT2D eigenvalue weighted by atomic mass is 10.1. The molecule has 0 aliphatic heterocycles. The number of anilines is 1. The van der Waals surface area contributed by atoms with Gasteiger partial charge in [0.15, 0.2) is 0 Å². The molecular formula is C16H25ClN2O. The summed E-state index contributed by atoms with van der Waals surface area (Å²) in [6, 6.07) is 7.48. The van der Waals surface area contributed by atoms with E-state index >= 15 is 0 Å². The predicted molar refractivity (Wildman–Crippen MR) is 88.1 cm³/mol. The summed E-state index contributed by atoms with van der Waals surface area (Å²) in [6.07, 6.45) is 6.80. The lowest BCUT2D eigenvalue weighted by Gasteiger charge is -2.17. The normalized spacial score (nSPS) is 9.65. The van der Waals surface area contributed by atoms with Gasteiger partial charge in [0.1, 0.15) is 0 Å². The molecule has 4 heteroatoms. The Kier molecular flexibility index (Phi) is 9.56. The van der Waals surface area contributed by atoms with E-state index in [0.29, 0.717) is 6.42 Å². The number of carbonyl (C=O) groups excluding carboxylic acids is 1. The first-order valence-corrected chi connectivity index (χ1v) is 6.82. The summed E-state index contributed by atoms with van der Waals surface area (Å²) in [6.45, 7) is 4.53. The zero-order valence-corrected chi connectivity index (χ0v) is 13.0. The number of allylic oxidation sites excluding steroid dienone is 1. The number of hydrogen-bond acceptors (Lipinski definition) is 2. The highest BCUT2D eigenvalue weighted by atomic mass is 35.5. The fourth-order valence-corrected chi connectivity index (χ4v) is 1.88. The SMILES string of the molecule is C=CCCCCCN(C)C(=O)Cc1ccc(N)cc1.Cl. The topological polar surface area (TPSA) is 46.3 Å². The van der Waals surface area contributed by atoms with Gasteiger partial charge in [-0.25, -0.2) is 0 Å². The molecule has 0 heterocycles. The van der Waals surface area contributed by atoms with E-state index < -0.39 is 0 Å². The van der Waals surface area contributed by atoms with Crippen molar-refractivity contribution in [2.75, 3.05) is 19.3 Å². The van der Waals surface area contributed by atoms with Gasteiger partial charge in [-0.15, -0.1) is 19.0 Å². The number of halogens is 1. The lowest BCUT2D eigenvalue weighted by molar-refractivity contribution is -0.129. The third-order valence-electron chi connectivity index (χ3n) is 3.16. The Balaban J connectivity index is 0.00000361. The second kappa shape index (κ2) is 10.3. The Bertz CT molecular complexity index is 403. The van der Waals surface area contributed by atoms with Gasteiger partial charge in [-0.3, -0.25) is 4.79 Å². The molecule has 112 valence electrons. The van der Waals surface area contributed by atoms with Gasteiger partial charge in [-0.1, -0.05) is 24.6 Å². The highest BCUT2D eigenvalue weighted by Gasteiger charge is 2.08. The standard InChI is InChI=1S/C16H24N2O.ClH/c1-3-4-5-6-7-12-18(2)16(19)13-14-8-10-15(17)11-9-14;/h3,8-11H,1,4-7,12-13,17H2,2H3;1H. The molecule has 0 saturated carbocycles. The van der Waals surface area contributed by atoms with Crippen molar-refractivity contribution < 1.29 is 4.79 Å². The van der Waals surface area contributed by atoms with Gasteiger partial charge >= 0.3 is 0 Å². The van der Waals surface area contributed by atoms with Gasteiger partial charge in [-0.05, 0) is 37.0 Å². The minimum atomic E-state index is 0. The first-order chi connectivity index (χ1) is 9.13. The number of rotatable bonds is 8. The maximum atomic E-state index is 12.0. The number of likely N-dealkylation sites (N-methyl/N-ethyl adjacent to an activating group) is 1. The van der Waals surface area contributed by atoms with Crippen LogP contribution in [0.1, 0.15) is 31.2 Å². The number of nitrogens with two attached hydrogens (primary N) is 1. The van der Waals surface area contributed by atoms with Crippen LogP contribution in [0.5, 0.6) is 0 Å². The summed E-state index contributed by atoms with van der Waals surface area (Å²) in [7, 11) is 1.87. The first-order valence-electron chi connectivity index (χ1n) is 6.82. The number of benzene rings is 1. The zero-order chi connectivity index (χ0) is 14.1. The van der Waals surface area contributed by atoms with Crippen LogP contribution in [-0.2, 0) is 11.2 Å². The second-order valence-corrected chi connectivity index (χ2v) is 4.87. The summed E-state index contributed by atoms with van der Waals surface area (Å²) in [5, 5.41) is 0. The first kappa shape index (κ1) is 18.5. The molecule has 0 atom stereocenters. The zero-order valence-electron chi connectivity index (χ0n) is 12.2. The minimum absolute atomic E-state index is 0. The van der Waals surface area contributed by atoms with E-state index in [1.54, 1.807) is 0 Å². The number of unbranched alkanes of at least 4 members (excludes halogenated alkanes) is 3. The van der Waals surface area contributed by atoms with E-state index in [9.17, 15) is 4.79 Å². The number of nitrogens with zero attached hydrogens (tertiary/aromatic N) is 1. The van der Waals surface area contributed by atoms with Gasteiger partial charge in [0.05, 0.1) is 6.42 Å². The molecule has 1 aromatic rings. The second-order valence-electron chi connectivity index (χ2n) is 4.87. The molecule has 1 rings (SSSR count). The highest BCUT2D eigenvalue weighted by Crippen LogP contribution is 2.08. The van der Waals surface area contributed by atoms with Gasteiger partial charge < -0.3 is 10.6 Å². The Morgan fingerprint density at radius 2 is 1.90 bits per heavy atom. The number of nitrogen functional groups attached to an aromatic ring is 1. The monoisotopic (exact) mass is 296 g/mol. The number of carbonyl (C=O) groups is 1. The molecule has 0 bridgehead atoms. The fourth-order valence-electron chi connectivity index (χ4n) is 1.88. The molecular weight excluding hydrogens is 272 g/mol. The van der Waals surface area contributed by atoms with Crippen LogP contribution < -0.4 is 5.73 Å². The van der Waals surface area contributed by atoms with Crippen LogP contribution in [0, 0.1) is 0 Å². The van der Waals surface area contributed by atoms with Crippen LogP contribution in [-0.4, -0.2) is 24.4 Å². The van der Waals surface area contributed by atoms with E-state index in [2.05, 4.69) is 6.58 Å². The third kappa shape index (κ3) is 7.19. The highest BCUT2D eigenvalue weighted by molar-refractivity contribution is 5.85. The summed E-state index contributed by atoms with van der Waals surface area (Å²) in [5.74, 6) is 0.161. The van der Waals surface area contributed by atoms with Gasteiger partial charge in [0.2, 0.25) is 5.91 Å². The fraction of sp³-hybridized carbons (Fsp3) is 0.438. The van der Waals surface area contributed by atoms with Crippen LogP contribution in [0.3, 0.4) is 0 Å². The maximum Gasteiger partial charge on any atom is 0.226 e. The molecule has 0 aliphatic carbocycles. The summed E-state index contributed by atoms with van der Waals surface area (Å²) in [4.78, 5) is 13.8. The van der Waals surface area contributed by atoms with Crippen molar-refractivity contribution in [3.63, 3.8) is 0 Å². The lowest BCUT2D eigenvalue weighted by Crippen LogP contribution is -2.29. The Labute approximate surface area is 128 Å². The molecule has 0 radical (unpaired) electrons. The maximum absolute atomic E-state index is 12.0. The molecule has 3 nitrogen and oxygen atoms in total. The van der Waals surface area contributed by atoms with Crippen LogP contribution in [0.25, 0.3) is 0 Å². The van der Waals surface area contributed by atoms with Crippen molar-refractivity contribution in [1.82, 2.24) is 4.90 Å². The number of amides is 1. The molecule has 2 N–H and O–H groups in total. The van der Waals surface area contributed by atoms with Gasteiger partial charge in [-0.2, -0.15) is 0 Å². The minimum Gasteiger partial charge on any atom is -0.399 e. The van der Waals surface area contributed by atoms with Crippen molar-refractivity contribution in [3.8, 4) is 0 Å². The molecule has 0 aliphatic rings. The van der Waals surface area contributed by atoms with E-state index in [-0.39, 0.29) is 18.3 Å². The molecule has 20 heavy (non-hydrogen) atoms. The average molecular weight is 297 g/mol. The molecule has 0 spiro atoms. The molecule has 0 fully saturated rings. The number of hydrogen-bond donors (Lipinski definition) is 1. The van der Waals surface area contributed by atoms with Crippen molar-refractivity contribution in [3.05, 3.63) is 42.5 Å². The largest absolute Gasteiger partial charge is 0.399 e. The van der Waals surface area contributed by atoms with Gasteiger partial charge in [0, 0.05) is 19.3 Å². The molecule has 0 aromatic heterocycles. The molecule has 0 saturated heterocycles. The van der Waals surface area contributed by atoms with Crippen molar-refractivity contribution in [2.45, 2.75) is 32.1 Å². The van der Waals surface area contributed by atoms with E-state index in [1.165, 1.54) is 0 Å². The summed E-state index contributed by atoms with van der Waals surface area (Å²) >= 11 is 0. The van der Waals surface area contributed by atoms with E-state index in [4.69, 9.17) is 5.73 Å². The van der Waals surface area contributed by atoms with Gasteiger partial charge in [0.25, 0.3) is 0 Å². The van der Waals surface area contributed by atoms with Crippen LogP contribution in [0.15, 0.2) is 36.9 Å².